The molecule has 96 valence electrons. The van der Waals surface area contributed by atoms with Crippen molar-refractivity contribution in [2.45, 2.75) is 25.6 Å². The molecule has 1 aliphatic heterocycles. The molecule has 1 saturated heterocycles. The Labute approximate surface area is 109 Å². The van der Waals surface area contributed by atoms with Crippen LogP contribution in [0.25, 0.3) is 0 Å². The second kappa shape index (κ2) is 4.57. The first-order valence-electron chi connectivity index (χ1n) is 5.60. The third-order valence-corrected chi connectivity index (χ3v) is 3.45. The molecule has 0 saturated carbocycles. The highest BCUT2D eigenvalue weighted by Gasteiger charge is 2.33. The zero-order valence-electron chi connectivity index (χ0n) is 10.1. The van der Waals surface area contributed by atoms with Gasteiger partial charge in [0.15, 0.2) is 0 Å². The van der Waals surface area contributed by atoms with Crippen LogP contribution in [0.15, 0.2) is 12.1 Å². The number of hydrogen-bond donors (Lipinski definition) is 0. The molecular formula is C12H13ClN2O3. The van der Waals surface area contributed by atoms with Gasteiger partial charge in [0.2, 0.25) is 5.91 Å². The molecule has 0 N–H and O–H groups in total. The van der Waals surface area contributed by atoms with Crippen molar-refractivity contribution in [3.05, 3.63) is 33.4 Å². The van der Waals surface area contributed by atoms with Crippen molar-refractivity contribution in [2.75, 3.05) is 11.4 Å². The van der Waals surface area contributed by atoms with Gasteiger partial charge in [-0.3, -0.25) is 14.9 Å². The number of aryl methyl sites for hydroxylation is 2. The van der Waals surface area contributed by atoms with Gasteiger partial charge < -0.3 is 4.90 Å². The first-order chi connectivity index (χ1) is 8.40. The fraction of sp³-hybridized carbons (Fsp3) is 0.417. The summed E-state index contributed by atoms with van der Waals surface area (Å²) in [7, 11) is 0. The van der Waals surface area contributed by atoms with Crippen LogP contribution in [0.1, 0.15) is 17.5 Å². The van der Waals surface area contributed by atoms with E-state index in [2.05, 4.69) is 0 Å². The molecule has 2 rings (SSSR count). The first kappa shape index (κ1) is 12.8. The molecule has 1 unspecified atom stereocenters. The van der Waals surface area contributed by atoms with E-state index in [1.54, 1.807) is 6.07 Å². The number of rotatable bonds is 2. The third-order valence-electron chi connectivity index (χ3n) is 3.16. The molecule has 1 aliphatic rings. The molecule has 0 bridgehead atoms. The Kier molecular flexibility index (Phi) is 3.26. The highest BCUT2D eigenvalue weighted by atomic mass is 35.5. The van der Waals surface area contributed by atoms with Gasteiger partial charge >= 0.3 is 0 Å². The molecule has 1 heterocycles. The maximum Gasteiger partial charge on any atom is 0.293 e. The Morgan fingerprint density at radius 3 is 2.50 bits per heavy atom. The number of nitro benzene ring substituents is 1. The molecule has 5 nitrogen and oxygen atoms in total. The van der Waals surface area contributed by atoms with Gasteiger partial charge in [-0.1, -0.05) is 0 Å². The minimum atomic E-state index is -0.462. The van der Waals surface area contributed by atoms with E-state index in [0.717, 1.165) is 11.1 Å². The molecule has 1 fully saturated rings. The van der Waals surface area contributed by atoms with Gasteiger partial charge in [-0.25, -0.2) is 0 Å². The van der Waals surface area contributed by atoms with Crippen molar-refractivity contribution >= 4 is 28.9 Å². The Balaban J connectivity index is 2.52. The molecule has 0 spiro atoms. The molecule has 1 aromatic rings. The van der Waals surface area contributed by atoms with E-state index in [-0.39, 0.29) is 23.4 Å². The lowest BCUT2D eigenvalue weighted by Crippen LogP contribution is -2.25. The van der Waals surface area contributed by atoms with Gasteiger partial charge in [0.25, 0.3) is 5.69 Å². The fourth-order valence-electron chi connectivity index (χ4n) is 2.04. The lowest BCUT2D eigenvalue weighted by molar-refractivity contribution is -0.384. The number of carbonyl (C=O) groups excluding carboxylic acids is 1. The predicted molar refractivity (Wildman–Crippen MR) is 69.2 cm³/mol. The molecule has 6 heteroatoms. The zero-order chi connectivity index (χ0) is 13.4. The van der Waals surface area contributed by atoms with E-state index < -0.39 is 4.92 Å². The minimum absolute atomic E-state index is 0.0442. The second-order valence-corrected chi connectivity index (χ2v) is 5.11. The van der Waals surface area contributed by atoms with Crippen LogP contribution in [0.4, 0.5) is 11.4 Å². The number of amides is 1. The normalized spacial score (nSPS) is 19.4. The van der Waals surface area contributed by atoms with Crippen LogP contribution < -0.4 is 4.90 Å². The molecule has 1 atom stereocenters. The summed E-state index contributed by atoms with van der Waals surface area (Å²) in [5.41, 5.74) is 2.05. The van der Waals surface area contributed by atoms with E-state index in [1.165, 1.54) is 11.0 Å². The molecule has 1 amide bonds. The highest BCUT2D eigenvalue weighted by Crippen LogP contribution is 2.34. The van der Waals surface area contributed by atoms with Gasteiger partial charge in [-0.2, -0.15) is 0 Å². The monoisotopic (exact) mass is 268 g/mol. The zero-order valence-corrected chi connectivity index (χ0v) is 10.9. The van der Waals surface area contributed by atoms with Crippen LogP contribution in [-0.2, 0) is 4.79 Å². The smallest absolute Gasteiger partial charge is 0.293 e. The summed E-state index contributed by atoms with van der Waals surface area (Å²) in [6.45, 7) is 3.99. The quantitative estimate of drug-likeness (QED) is 0.470. The maximum atomic E-state index is 11.8. The van der Waals surface area contributed by atoms with Gasteiger partial charge in [0.05, 0.1) is 10.3 Å². The van der Waals surface area contributed by atoms with E-state index in [9.17, 15) is 14.9 Å². The largest absolute Gasteiger partial charge is 0.305 e. The molecule has 0 aliphatic carbocycles. The molecule has 0 radical (unpaired) electrons. The van der Waals surface area contributed by atoms with Crippen LogP contribution >= 0.6 is 11.6 Å². The minimum Gasteiger partial charge on any atom is -0.305 e. The average molecular weight is 269 g/mol. The van der Waals surface area contributed by atoms with E-state index in [1.807, 2.05) is 13.8 Å². The predicted octanol–water partition coefficient (Wildman–Crippen LogP) is 2.56. The van der Waals surface area contributed by atoms with Crippen molar-refractivity contribution in [3.8, 4) is 0 Å². The van der Waals surface area contributed by atoms with Gasteiger partial charge in [0.1, 0.15) is 5.69 Å². The van der Waals surface area contributed by atoms with Crippen LogP contribution in [-0.4, -0.2) is 22.8 Å². The lowest BCUT2D eigenvalue weighted by Gasteiger charge is -2.17. The summed E-state index contributed by atoms with van der Waals surface area (Å²) in [6, 6.07) is 3.18. The number of nitrogens with zero attached hydrogens (tertiary/aromatic N) is 2. The SMILES string of the molecule is Cc1cc(N2CC(Cl)CC2=O)c([N+](=O)[O-])cc1C. The number of benzene rings is 1. The third kappa shape index (κ3) is 2.18. The maximum absolute atomic E-state index is 11.8. The Morgan fingerprint density at radius 1 is 1.39 bits per heavy atom. The topological polar surface area (TPSA) is 63.5 Å². The van der Waals surface area contributed by atoms with Crippen LogP contribution in [0.3, 0.4) is 0 Å². The summed E-state index contributed by atoms with van der Waals surface area (Å²) in [6.07, 6.45) is 0.228. The number of alkyl halides is 1. The van der Waals surface area contributed by atoms with Crippen molar-refractivity contribution in [2.24, 2.45) is 0 Å². The molecular weight excluding hydrogens is 256 g/mol. The number of nitro groups is 1. The number of anilines is 1. The first-order valence-corrected chi connectivity index (χ1v) is 6.04. The van der Waals surface area contributed by atoms with Crippen molar-refractivity contribution < 1.29 is 9.72 Å². The molecule has 1 aromatic carbocycles. The van der Waals surface area contributed by atoms with Crippen LogP contribution in [0.5, 0.6) is 0 Å². The van der Waals surface area contributed by atoms with Crippen LogP contribution in [0, 0.1) is 24.0 Å². The van der Waals surface area contributed by atoms with Crippen molar-refractivity contribution in [1.29, 1.82) is 0 Å². The molecule has 0 aromatic heterocycles. The summed E-state index contributed by atoms with van der Waals surface area (Å²) < 4.78 is 0. The Hall–Kier alpha value is -1.62. The van der Waals surface area contributed by atoms with Gasteiger partial charge in [-0.15, -0.1) is 11.6 Å². The van der Waals surface area contributed by atoms with E-state index >= 15 is 0 Å². The Bertz CT molecular complexity index is 530. The Morgan fingerprint density at radius 2 is 2.00 bits per heavy atom. The molecule has 18 heavy (non-hydrogen) atoms. The lowest BCUT2D eigenvalue weighted by atomic mass is 10.1. The van der Waals surface area contributed by atoms with Gasteiger partial charge in [-0.05, 0) is 31.0 Å². The summed E-state index contributed by atoms with van der Waals surface area (Å²) in [5.74, 6) is -0.165. The van der Waals surface area contributed by atoms with E-state index in [0.29, 0.717) is 12.2 Å². The van der Waals surface area contributed by atoms with E-state index in [4.69, 9.17) is 11.6 Å². The summed E-state index contributed by atoms with van der Waals surface area (Å²) >= 11 is 5.92. The average Bonchev–Trinajstić information content (AvgIpc) is 2.61. The number of carbonyl (C=O) groups is 1. The standard InChI is InChI=1S/C12H13ClN2O3/c1-7-3-10(11(15(17)18)4-8(7)2)14-6-9(13)5-12(14)16/h3-4,9H,5-6H2,1-2H3. The van der Waals surface area contributed by atoms with Crippen molar-refractivity contribution in [1.82, 2.24) is 0 Å². The summed E-state index contributed by atoms with van der Waals surface area (Å²) in [4.78, 5) is 23.8. The number of hydrogen-bond acceptors (Lipinski definition) is 3. The van der Waals surface area contributed by atoms with Crippen LogP contribution in [0.2, 0.25) is 0 Å². The fourth-order valence-corrected chi connectivity index (χ4v) is 2.31. The highest BCUT2D eigenvalue weighted by molar-refractivity contribution is 6.24. The second-order valence-electron chi connectivity index (χ2n) is 4.49. The number of halogens is 1. The summed E-state index contributed by atoms with van der Waals surface area (Å²) in [5, 5.41) is 10.8. The van der Waals surface area contributed by atoms with Gasteiger partial charge in [0, 0.05) is 19.0 Å². The van der Waals surface area contributed by atoms with Crippen molar-refractivity contribution in [3.63, 3.8) is 0 Å².